The summed E-state index contributed by atoms with van der Waals surface area (Å²) in [5.41, 5.74) is 1.07. The standard InChI is InChI=1S/C21H18O/c1-3-9-18(10-4-1)11-5-2-8-16-22-21-15-14-19-12-6-7-13-20(19)17-21/h1,3-4,6-7,9-10,12-15,17H,2,8,16H2. The highest BCUT2D eigenvalue weighted by Crippen LogP contribution is 2.20. The van der Waals surface area contributed by atoms with E-state index < -0.39 is 0 Å². The van der Waals surface area contributed by atoms with Crippen LogP contribution in [0.25, 0.3) is 10.8 Å². The number of hydrogen-bond acceptors (Lipinski definition) is 1. The van der Waals surface area contributed by atoms with Crippen LogP contribution in [0.1, 0.15) is 18.4 Å². The molecule has 0 fully saturated rings. The maximum absolute atomic E-state index is 5.80. The summed E-state index contributed by atoms with van der Waals surface area (Å²) in [6.45, 7) is 0.696. The summed E-state index contributed by atoms with van der Waals surface area (Å²) in [4.78, 5) is 0. The molecule has 3 aromatic carbocycles. The molecule has 0 saturated carbocycles. The van der Waals surface area contributed by atoms with Gasteiger partial charge in [0.25, 0.3) is 0 Å². The molecule has 0 bridgehead atoms. The largest absolute Gasteiger partial charge is 0.494 e. The van der Waals surface area contributed by atoms with Gasteiger partial charge >= 0.3 is 0 Å². The van der Waals surface area contributed by atoms with Crippen molar-refractivity contribution in [2.24, 2.45) is 0 Å². The Balaban J connectivity index is 1.47. The second-order valence-corrected chi connectivity index (χ2v) is 5.13. The van der Waals surface area contributed by atoms with Gasteiger partial charge in [0, 0.05) is 12.0 Å². The van der Waals surface area contributed by atoms with E-state index in [0.29, 0.717) is 6.61 Å². The summed E-state index contributed by atoms with van der Waals surface area (Å²) in [6, 6.07) is 24.6. The Labute approximate surface area is 131 Å². The number of benzene rings is 3. The molecule has 0 heterocycles. The number of rotatable bonds is 4. The summed E-state index contributed by atoms with van der Waals surface area (Å²) in [6.07, 6.45) is 1.79. The smallest absolute Gasteiger partial charge is 0.119 e. The second-order valence-electron chi connectivity index (χ2n) is 5.13. The summed E-state index contributed by atoms with van der Waals surface area (Å²) >= 11 is 0. The van der Waals surface area contributed by atoms with Crippen LogP contribution in [-0.2, 0) is 0 Å². The summed E-state index contributed by atoms with van der Waals surface area (Å²) in [7, 11) is 0. The Hall–Kier alpha value is -2.72. The Morgan fingerprint density at radius 3 is 2.41 bits per heavy atom. The van der Waals surface area contributed by atoms with E-state index in [-0.39, 0.29) is 0 Å². The molecule has 0 aliphatic carbocycles. The third kappa shape index (κ3) is 3.90. The van der Waals surface area contributed by atoms with Crippen LogP contribution in [0, 0.1) is 11.8 Å². The second kappa shape index (κ2) is 7.33. The highest BCUT2D eigenvalue weighted by molar-refractivity contribution is 5.83. The number of fused-ring (bicyclic) bond motifs is 1. The van der Waals surface area contributed by atoms with Gasteiger partial charge in [0.2, 0.25) is 0 Å². The van der Waals surface area contributed by atoms with Crippen LogP contribution in [0.5, 0.6) is 5.75 Å². The predicted molar refractivity (Wildman–Crippen MR) is 92.0 cm³/mol. The molecule has 22 heavy (non-hydrogen) atoms. The minimum Gasteiger partial charge on any atom is -0.494 e. The molecule has 3 rings (SSSR count). The first-order chi connectivity index (χ1) is 10.9. The average molecular weight is 286 g/mol. The first-order valence-corrected chi connectivity index (χ1v) is 7.57. The molecule has 0 aromatic heterocycles. The molecule has 0 radical (unpaired) electrons. The van der Waals surface area contributed by atoms with Crippen molar-refractivity contribution in [3.63, 3.8) is 0 Å². The van der Waals surface area contributed by atoms with Crippen molar-refractivity contribution in [3.05, 3.63) is 78.4 Å². The Morgan fingerprint density at radius 2 is 1.55 bits per heavy atom. The van der Waals surface area contributed by atoms with Crippen molar-refractivity contribution in [3.8, 4) is 17.6 Å². The van der Waals surface area contributed by atoms with Crippen LogP contribution in [0.2, 0.25) is 0 Å². The van der Waals surface area contributed by atoms with E-state index in [1.807, 2.05) is 48.5 Å². The molecule has 0 unspecified atom stereocenters. The van der Waals surface area contributed by atoms with Crippen LogP contribution in [0.3, 0.4) is 0 Å². The molecule has 0 aliphatic heterocycles. The van der Waals surface area contributed by atoms with E-state index in [9.17, 15) is 0 Å². The highest BCUT2D eigenvalue weighted by Gasteiger charge is 1.96. The van der Waals surface area contributed by atoms with Gasteiger partial charge < -0.3 is 4.74 Å². The van der Waals surface area contributed by atoms with Gasteiger partial charge in [-0.25, -0.2) is 0 Å². The molecule has 0 amide bonds. The lowest BCUT2D eigenvalue weighted by molar-refractivity contribution is 0.313. The quantitative estimate of drug-likeness (QED) is 0.481. The third-order valence-corrected chi connectivity index (χ3v) is 3.44. The minimum absolute atomic E-state index is 0.696. The van der Waals surface area contributed by atoms with E-state index in [1.165, 1.54) is 10.8 Å². The van der Waals surface area contributed by atoms with Gasteiger partial charge in [-0.05, 0) is 41.5 Å². The molecule has 0 spiro atoms. The molecule has 0 atom stereocenters. The molecule has 0 N–H and O–H groups in total. The fourth-order valence-electron chi connectivity index (χ4n) is 2.29. The molecule has 3 aromatic rings. The van der Waals surface area contributed by atoms with Crippen molar-refractivity contribution >= 4 is 10.8 Å². The van der Waals surface area contributed by atoms with E-state index in [0.717, 1.165) is 24.2 Å². The third-order valence-electron chi connectivity index (χ3n) is 3.44. The lowest BCUT2D eigenvalue weighted by Gasteiger charge is -2.06. The topological polar surface area (TPSA) is 9.23 Å². The molecular formula is C21H18O. The van der Waals surface area contributed by atoms with Gasteiger partial charge in [-0.2, -0.15) is 0 Å². The van der Waals surface area contributed by atoms with Crippen molar-refractivity contribution < 1.29 is 4.74 Å². The Morgan fingerprint density at radius 1 is 0.773 bits per heavy atom. The Bertz CT molecular complexity index is 794. The number of unbranched alkanes of at least 4 members (excludes halogenated alkanes) is 1. The zero-order chi connectivity index (χ0) is 15.0. The molecule has 0 saturated heterocycles. The van der Waals surface area contributed by atoms with E-state index in [2.05, 4.69) is 36.1 Å². The van der Waals surface area contributed by atoms with Gasteiger partial charge in [-0.15, -0.1) is 0 Å². The fraction of sp³-hybridized carbons (Fsp3) is 0.143. The van der Waals surface area contributed by atoms with Crippen LogP contribution in [0.15, 0.2) is 72.8 Å². The van der Waals surface area contributed by atoms with Crippen molar-refractivity contribution in [1.82, 2.24) is 0 Å². The predicted octanol–water partition coefficient (Wildman–Crippen LogP) is 5.05. The number of hydrogen-bond donors (Lipinski definition) is 0. The minimum atomic E-state index is 0.696. The van der Waals surface area contributed by atoms with E-state index in [4.69, 9.17) is 4.74 Å². The first-order valence-electron chi connectivity index (χ1n) is 7.57. The normalized spacial score (nSPS) is 10.0. The zero-order valence-electron chi connectivity index (χ0n) is 12.5. The van der Waals surface area contributed by atoms with Crippen LogP contribution >= 0.6 is 0 Å². The maximum atomic E-state index is 5.80. The SMILES string of the molecule is C(#Cc1ccccc1)CCCOc1ccc2ccccc2c1. The van der Waals surface area contributed by atoms with Crippen LogP contribution in [-0.4, -0.2) is 6.61 Å². The van der Waals surface area contributed by atoms with Gasteiger partial charge in [0.1, 0.15) is 5.75 Å². The van der Waals surface area contributed by atoms with Gasteiger partial charge in [-0.1, -0.05) is 60.4 Å². The fourth-order valence-corrected chi connectivity index (χ4v) is 2.29. The lowest BCUT2D eigenvalue weighted by atomic mass is 10.1. The highest BCUT2D eigenvalue weighted by atomic mass is 16.5. The van der Waals surface area contributed by atoms with Crippen LogP contribution < -0.4 is 4.74 Å². The summed E-state index contributed by atoms with van der Waals surface area (Å²) in [5, 5.41) is 2.45. The molecular weight excluding hydrogens is 268 g/mol. The van der Waals surface area contributed by atoms with Crippen molar-refractivity contribution in [2.45, 2.75) is 12.8 Å². The van der Waals surface area contributed by atoms with Gasteiger partial charge in [0.05, 0.1) is 6.61 Å². The molecule has 0 aliphatic rings. The summed E-state index contributed by atoms with van der Waals surface area (Å²) in [5.74, 6) is 7.28. The van der Waals surface area contributed by atoms with Gasteiger partial charge in [-0.3, -0.25) is 0 Å². The lowest BCUT2D eigenvalue weighted by Crippen LogP contribution is -1.96. The van der Waals surface area contributed by atoms with E-state index in [1.54, 1.807) is 0 Å². The molecule has 1 heteroatoms. The van der Waals surface area contributed by atoms with E-state index >= 15 is 0 Å². The molecule has 108 valence electrons. The first kappa shape index (κ1) is 14.2. The zero-order valence-corrected chi connectivity index (χ0v) is 12.5. The van der Waals surface area contributed by atoms with Crippen molar-refractivity contribution in [1.29, 1.82) is 0 Å². The molecule has 1 nitrogen and oxygen atoms in total. The number of ether oxygens (including phenoxy) is 1. The summed E-state index contributed by atoms with van der Waals surface area (Å²) < 4.78 is 5.80. The van der Waals surface area contributed by atoms with Crippen LogP contribution in [0.4, 0.5) is 0 Å². The van der Waals surface area contributed by atoms with Gasteiger partial charge in [0.15, 0.2) is 0 Å². The monoisotopic (exact) mass is 286 g/mol. The average Bonchev–Trinajstić information content (AvgIpc) is 2.59. The maximum Gasteiger partial charge on any atom is 0.119 e. The van der Waals surface area contributed by atoms with Crippen molar-refractivity contribution in [2.75, 3.05) is 6.61 Å². The Kier molecular flexibility index (Phi) is 4.74.